The number of hydrogen-bond acceptors (Lipinski definition) is 2. The lowest BCUT2D eigenvalue weighted by atomic mass is 10.1. The lowest BCUT2D eigenvalue weighted by molar-refractivity contribution is 0.0737. The van der Waals surface area contributed by atoms with E-state index in [1.165, 1.54) is 0 Å². The molecule has 0 spiro atoms. The van der Waals surface area contributed by atoms with Crippen molar-refractivity contribution in [2.45, 2.75) is 25.8 Å². The Balaban J connectivity index is 0.00000180. The fourth-order valence-corrected chi connectivity index (χ4v) is 2.87. The predicted molar refractivity (Wildman–Crippen MR) is 81.4 cm³/mol. The number of benzene rings is 1. The van der Waals surface area contributed by atoms with Crippen molar-refractivity contribution in [3.8, 4) is 0 Å². The second-order valence-electron chi connectivity index (χ2n) is 4.87. The van der Waals surface area contributed by atoms with Crippen LogP contribution in [0.4, 0.5) is 0 Å². The monoisotopic (exact) mass is 302 g/mol. The van der Waals surface area contributed by atoms with Crippen molar-refractivity contribution in [2.75, 3.05) is 20.1 Å². The second-order valence-corrected chi connectivity index (χ2v) is 5.31. The molecule has 1 atom stereocenters. The minimum Gasteiger partial charge on any atom is -0.334 e. The van der Waals surface area contributed by atoms with Crippen LogP contribution >= 0.6 is 24.0 Å². The van der Waals surface area contributed by atoms with Gasteiger partial charge < -0.3 is 10.2 Å². The van der Waals surface area contributed by atoms with Gasteiger partial charge in [0.25, 0.3) is 5.91 Å². The molecule has 1 amide bonds. The number of likely N-dealkylation sites (tertiary alicyclic amines) is 1. The third-order valence-electron chi connectivity index (χ3n) is 3.37. The molecule has 1 aromatic rings. The molecule has 5 heteroatoms. The fraction of sp³-hybridized carbons (Fsp3) is 0.500. The third kappa shape index (κ3) is 3.85. The summed E-state index contributed by atoms with van der Waals surface area (Å²) in [4.78, 5) is 14.4. The van der Waals surface area contributed by atoms with Gasteiger partial charge in [-0.25, -0.2) is 0 Å². The molecule has 1 saturated heterocycles. The van der Waals surface area contributed by atoms with Crippen molar-refractivity contribution in [1.82, 2.24) is 10.2 Å². The van der Waals surface area contributed by atoms with Gasteiger partial charge in [0.1, 0.15) is 0 Å². The average Bonchev–Trinajstić information content (AvgIpc) is 2.75. The van der Waals surface area contributed by atoms with Crippen LogP contribution in [0.1, 0.15) is 28.8 Å². The van der Waals surface area contributed by atoms with Gasteiger partial charge in [-0.1, -0.05) is 11.6 Å². The first kappa shape index (κ1) is 16.3. The summed E-state index contributed by atoms with van der Waals surface area (Å²) in [5.41, 5.74) is 1.72. The number of aryl methyl sites for hydroxylation is 1. The maximum atomic E-state index is 12.5. The topological polar surface area (TPSA) is 32.3 Å². The molecule has 3 nitrogen and oxygen atoms in total. The highest BCUT2D eigenvalue weighted by Crippen LogP contribution is 2.22. The lowest BCUT2D eigenvalue weighted by Gasteiger charge is -2.24. The molecule has 1 aromatic carbocycles. The fourth-order valence-electron chi connectivity index (χ4n) is 2.58. The largest absolute Gasteiger partial charge is 0.334 e. The van der Waals surface area contributed by atoms with E-state index in [1.54, 1.807) is 6.07 Å². The van der Waals surface area contributed by atoms with Crippen molar-refractivity contribution in [3.63, 3.8) is 0 Å². The molecular formula is C14H20Cl2N2O. The van der Waals surface area contributed by atoms with E-state index in [0.717, 1.165) is 31.5 Å². The van der Waals surface area contributed by atoms with Crippen molar-refractivity contribution in [3.05, 3.63) is 34.3 Å². The van der Waals surface area contributed by atoms with Gasteiger partial charge in [-0.2, -0.15) is 0 Å². The van der Waals surface area contributed by atoms with Crippen LogP contribution in [-0.4, -0.2) is 37.0 Å². The summed E-state index contributed by atoms with van der Waals surface area (Å²) in [5, 5.41) is 3.78. The van der Waals surface area contributed by atoms with Crippen LogP contribution in [0.25, 0.3) is 0 Å². The Morgan fingerprint density at radius 1 is 1.47 bits per heavy atom. The van der Waals surface area contributed by atoms with E-state index in [4.69, 9.17) is 11.6 Å². The van der Waals surface area contributed by atoms with Crippen molar-refractivity contribution in [2.24, 2.45) is 0 Å². The van der Waals surface area contributed by atoms with Gasteiger partial charge in [-0.3, -0.25) is 4.79 Å². The molecule has 19 heavy (non-hydrogen) atoms. The van der Waals surface area contributed by atoms with E-state index in [2.05, 4.69) is 5.32 Å². The number of hydrogen-bond donors (Lipinski definition) is 1. The second kappa shape index (κ2) is 7.13. The Hall–Kier alpha value is -0.770. The van der Waals surface area contributed by atoms with Gasteiger partial charge in [-0.05, 0) is 50.6 Å². The smallest absolute Gasteiger partial charge is 0.254 e. The number of likely N-dealkylation sites (N-methyl/N-ethyl adjacent to an activating group) is 1. The quantitative estimate of drug-likeness (QED) is 0.931. The first-order valence-electron chi connectivity index (χ1n) is 6.34. The highest BCUT2D eigenvalue weighted by Gasteiger charge is 2.28. The number of amides is 1. The normalized spacial score (nSPS) is 18.3. The maximum Gasteiger partial charge on any atom is 0.254 e. The molecule has 1 aliphatic rings. The molecule has 0 radical (unpaired) electrons. The van der Waals surface area contributed by atoms with Crippen LogP contribution in [0.5, 0.6) is 0 Å². The molecule has 1 unspecified atom stereocenters. The Morgan fingerprint density at radius 2 is 2.21 bits per heavy atom. The van der Waals surface area contributed by atoms with Gasteiger partial charge >= 0.3 is 0 Å². The van der Waals surface area contributed by atoms with Gasteiger partial charge in [0.05, 0.1) is 0 Å². The minimum atomic E-state index is 0. The molecule has 1 fully saturated rings. The number of rotatable bonds is 3. The molecule has 1 N–H and O–H groups in total. The molecule has 106 valence electrons. The Bertz CT molecular complexity index is 431. The van der Waals surface area contributed by atoms with Crippen molar-refractivity contribution in [1.29, 1.82) is 0 Å². The van der Waals surface area contributed by atoms with E-state index in [9.17, 15) is 4.79 Å². The summed E-state index contributed by atoms with van der Waals surface area (Å²) < 4.78 is 0. The van der Waals surface area contributed by atoms with Crippen LogP contribution in [0.2, 0.25) is 5.02 Å². The standard InChI is InChI=1S/C14H19ClN2O.ClH/c1-10-6-11(8-12(15)7-10)14(18)17-5-3-4-13(17)9-16-2;/h6-8,13,16H,3-5,9H2,1-2H3;1H. The van der Waals surface area contributed by atoms with Crippen LogP contribution in [-0.2, 0) is 0 Å². The summed E-state index contributed by atoms with van der Waals surface area (Å²) in [6.07, 6.45) is 2.16. The number of nitrogens with one attached hydrogen (secondary N) is 1. The Kier molecular flexibility index (Phi) is 6.11. The Labute approximate surface area is 125 Å². The zero-order chi connectivity index (χ0) is 13.1. The van der Waals surface area contributed by atoms with E-state index in [0.29, 0.717) is 16.6 Å². The molecule has 0 aromatic heterocycles. The highest BCUT2D eigenvalue weighted by molar-refractivity contribution is 6.31. The summed E-state index contributed by atoms with van der Waals surface area (Å²) in [6.45, 7) is 3.65. The van der Waals surface area contributed by atoms with Crippen molar-refractivity contribution < 1.29 is 4.79 Å². The molecule has 1 heterocycles. The molecule has 1 aliphatic heterocycles. The molecule has 0 aliphatic carbocycles. The third-order valence-corrected chi connectivity index (χ3v) is 3.59. The van der Waals surface area contributed by atoms with Gasteiger partial charge in [0.2, 0.25) is 0 Å². The zero-order valence-corrected chi connectivity index (χ0v) is 12.9. The zero-order valence-electron chi connectivity index (χ0n) is 11.3. The van der Waals surface area contributed by atoms with Crippen LogP contribution in [0.3, 0.4) is 0 Å². The highest BCUT2D eigenvalue weighted by atomic mass is 35.5. The summed E-state index contributed by atoms with van der Waals surface area (Å²) in [7, 11) is 1.92. The summed E-state index contributed by atoms with van der Waals surface area (Å²) >= 11 is 6.02. The molecular weight excluding hydrogens is 283 g/mol. The first-order chi connectivity index (χ1) is 8.61. The summed E-state index contributed by atoms with van der Waals surface area (Å²) in [6, 6.07) is 5.84. The van der Waals surface area contributed by atoms with Crippen LogP contribution in [0.15, 0.2) is 18.2 Å². The average molecular weight is 303 g/mol. The first-order valence-corrected chi connectivity index (χ1v) is 6.72. The van der Waals surface area contributed by atoms with Crippen LogP contribution in [0, 0.1) is 6.92 Å². The molecule has 0 bridgehead atoms. The van der Waals surface area contributed by atoms with E-state index < -0.39 is 0 Å². The van der Waals surface area contributed by atoms with E-state index in [1.807, 2.05) is 31.0 Å². The van der Waals surface area contributed by atoms with Gasteiger partial charge in [0, 0.05) is 29.7 Å². The number of carbonyl (C=O) groups excluding carboxylic acids is 1. The summed E-state index contributed by atoms with van der Waals surface area (Å²) in [5.74, 6) is 0.0957. The van der Waals surface area contributed by atoms with Crippen LogP contribution < -0.4 is 5.32 Å². The number of carbonyl (C=O) groups is 1. The van der Waals surface area contributed by atoms with Crippen molar-refractivity contribution >= 4 is 29.9 Å². The minimum absolute atomic E-state index is 0. The lowest BCUT2D eigenvalue weighted by Crippen LogP contribution is -2.40. The van der Waals surface area contributed by atoms with Gasteiger partial charge in [-0.15, -0.1) is 12.4 Å². The molecule has 0 saturated carbocycles. The Morgan fingerprint density at radius 3 is 2.84 bits per heavy atom. The molecule has 2 rings (SSSR count). The predicted octanol–water partition coefficient (Wildman–Crippen LogP) is 2.89. The van der Waals surface area contributed by atoms with E-state index in [-0.39, 0.29) is 18.3 Å². The van der Waals surface area contributed by atoms with E-state index >= 15 is 0 Å². The number of halogens is 2. The SMILES string of the molecule is CNCC1CCCN1C(=O)c1cc(C)cc(Cl)c1.Cl. The van der Waals surface area contributed by atoms with Gasteiger partial charge in [0.15, 0.2) is 0 Å². The maximum absolute atomic E-state index is 12.5. The number of nitrogens with zero attached hydrogens (tertiary/aromatic N) is 1.